The van der Waals surface area contributed by atoms with Crippen molar-refractivity contribution in [1.82, 2.24) is 0 Å². The number of allylic oxidation sites excluding steroid dienone is 3. The summed E-state index contributed by atoms with van der Waals surface area (Å²) in [5.74, 6) is 0.361. The van der Waals surface area contributed by atoms with E-state index in [0.29, 0.717) is 5.92 Å². The highest BCUT2D eigenvalue weighted by Gasteiger charge is 2.18. The monoisotopic (exact) mass is 381 g/mol. The molecule has 1 aliphatic rings. The Labute approximate surface area is 173 Å². The van der Waals surface area contributed by atoms with Gasteiger partial charge in [0.15, 0.2) is 0 Å². The summed E-state index contributed by atoms with van der Waals surface area (Å²) >= 11 is 0. The SMILES string of the molecule is CCC(O)c1ccc(C2C=CC(N(c3ccccc3)c3ccccc3)=CC2)cc1. The second-order valence-corrected chi connectivity index (χ2v) is 7.43. The lowest BCUT2D eigenvalue weighted by molar-refractivity contribution is 0.173. The van der Waals surface area contributed by atoms with Crippen LogP contribution in [-0.4, -0.2) is 5.11 Å². The van der Waals surface area contributed by atoms with Crippen LogP contribution in [-0.2, 0) is 0 Å². The topological polar surface area (TPSA) is 23.5 Å². The van der Waals surface area contributed by atoms with Crippen molar-refractivity contribution in [3.8, 4) is 0 Å². The van der Waals surface area contributed by atoms with Crippen molar-refractivity contribution in [2.75, 3.05) is 4.90 Å². The van der Waals surface area contributed by atoms with Crippen molar-refractivity contribution in [1.29, 1.82) is 0 Å². The van der Waals surface area contributed by atoms with E-state index in [9.17, 15) is 5.11 Å². The summed E-state index contributed by atoms with van der Waals surface area (Å²) in [6.07, 6.45) is 8.16. The van der Waals surface area contributed by atoms with Crippen LogP contribution < -0.4 is 4.90 Å². The van der Waals surface area contributed by atoms with Crippen molar-refractivity contribution < 1.29 is 5.11 Å². The lowest BCUT2D eigenvalue weighted by Gasteiger charge is -2.29. The Kier molecular flexibility index (Phi) is 5.92. The number of aliphatic hydroxyl groups is 1. The molecule has 3 aromatic rings. The van der Waals surface area contributed by atoms with E-state index in [0.717, 1.165) is 29.8 Å². The largest absolute Gasteiger partial charge is 0.388 e. The van der Waals surface area contributed by atoms with E-state index in [4.69, 9.17) is 0 Å². The van der Waals surface area contributed by atoms with E-state index in [2.05, 4.69) is 95.9 Å². The normalized spacial score (nSPS) is 16.9. The molecule has 3 aromatic carbocycles. The number of hydrogen-bond donors (Lipinski definition) is 1. The zero-order valence-electron chi connectivity index (χ0n) is 16.8. The van der Waals surface area contributed by atoms with Gasteiger partial charge in [0.1, 0.15) is 0 Å². The maximum atomic E-state index is 10.0. The second-order valence-electron chi connectivity index (χ2n) is 7.43. The van der Waals surface area contributed by atoms with Crippen LogP contribution in [0.25, 0.3) is 0 Å². The van der Waals surface area contributed by atoms with E-state index < -0.39 is 0 Å². The molecular formula is C27H27NO. The standard InChI is InChI=1S/C27H27NO/c1-2-27(29)23-15-13-21(14-16-23)22-17-19-26(20-18-22)28(24-9-5-3-6-10-24)25-11-7-4-8-12-25/h3-17,19-20,22,27,29H,2,18H2,1H3. The molecule has 0 saturated carbocycles. The molecule has 2 heteroatoms. The van der Waals surface area contributed by atoms with Crippen molar-refractivity contribution >= 4 is 11.4 Å². The number of anilines is 2. The number of rotatable bonds is 6. The third kappa shape index (κ3) is 4.33. The third-order valence-corrected chi connectivity index (χ3v) is 5.50. The van der Waals surface area contributed by atoms with Crippen LogP contribution in [0.15, 0.2) is 109 Å². The van der Waals surface area contributed by atoms with Gasteiger partial charge in [-0.25, -0.2) is 0 Å². The molecule has 0 aliphatic heterocycles. The first-order valence-corrected chi connectivity index (χ1v) is 10.3. The van der Waals surface area contributed by atoms with Gasteiger partial charge in [0, 0.05) is 23.0 Å². The minimum atomic E-state index is -0.372. The fraction of sp³-hybridized carbons (Fsp3) is 0.185. The minimum absolute atomic E-state index is 0.361. The summed E-state index contributed by atoms with van der Waals surface area (Å²) in [5.41, 5.74) is 5.79. The molecular weight excluding hydrogens is 354 g/mol. The molecule has 2 nitrogen and oxygen atoms in total. The van der Waals surface area contributed by atoms with E-state index >= 15 is 0 Å². The molecule has 29 heavy (non-hydrogen) atoms. The lowest BCUT2D eigenvalue weighted by Crippen LogP contribution is -2.17. The summed E-state index contributed by atoms with van der Waals surface area (Å²) in [7, 11) is 0. The molecule has 0 amide bonds. The predicted octanol–water partition coefficient (Wildman–Crippen LogP) is 6.90. The average Bonchev–Trinajstić information content (AvgIpc) is 2.81. The van der Waals surface area contributed by atoms with Gasteiger partial charge in [-0.3, -0.25) is 0 Å². The molecule has 1 N–H and O–H groups in total. The molecule has 146 valence electrons. The average molecular weight is 382 g/mol. The number of aliphatic hydroxyl groups excluding tert-OH is 1. The van der Waals surface area contributed by atoms with Crippen LogP contribution in [0.3, 0.4) is 0 Å². The maximum Gasteiger partial charge on any atom is 0.0787 e. The summed E-state index contributed by atoms with van der Waals surface area (Å²) in [6.45, 7) is 2.00. The Balaban J connectivity index is 1.57. The van der Waals surface area contributed by atoms with Crippen LogP contribution >= 0.6 is 0 Å². The van der Waals surface area contributed by atoms with Crippen LogP contribution in [0.5, 0.6) is 0 Å². The van der Waals surface area contributed by atoms with Gasteiger partial charge in [-0.15, -0.1) is 0 Å². The lowest BCUT2D eigenvalue weighted by atomic mass is 9.90. The summed E-state index contributed by atoms with van der Waals surface area (Å²) in [4.78, 5) is 2.30. The molecule has 0 fully saturated rings. The number of hydrogen-bond acceptors (Lipinski definition) is 2. The first-order valence-electron chi connectivity index (χ1n) is 10.3. The fourth-order valence-electron chi connectivity index (χ4n) is 3.82. The van der Waals surface area contributed by atoms with Crippen molar-refractivity contribution in [3.05, 3.63) is 120 Å². The third-order valence-electron chi connectivity index (χ3n) is 5.50. The van der Waals surface area contributed by atoms with Crippen molar-refractivity contribution in [2.45, 2.75) is 31.8 Å². The zero-order valence-corrected chi connectivity index (χ0v) is 16.8. The van der Waals surface area contributed by atoms with Gasteiger partial charge in [0.25, 0.3) is 0 Å². The molecule has 0 spiro atoms. The van der Waals surface area contributed by atoms with Gasteiger partial charge in [0.2, 0.25) is 0 Å². The first kappa shape index (κ1) is 19.2. The van der Waals surface area contributed by atoms with Crippen molar-refractivity contribution in [3.63, 3.8) is 0 Å². The van der Waals surface area contributed by atoms with Gasteiger partial charge in [0.05, 0.1) is 6.10 Å². The molecule has 0 saturated heterocycles. The smallest absolute Gasteiger partial charge is 0.0787 e. The Bertz CT molecular complexity index is 935. The van der Waals surface area contributed by atoms with Crippen LogP contribution in [0.2, 0.25) is 0 Å². The summed E-state index contributed by atoms with van der Waals surface area (Å²) in [5, 5.41) is 10.0. The molecule has 2 atom stereocenters. The number of benzene rings is 3. The minimum Gasteiger partial charge on any atom is -0.388 e. The van der Waals surface area contributed by atoms with Gasteiger partial charge in [-0.05, 0) is 54.3 Å². The van der Waals surface area contributed by atoms with E-state index in [1.54, 1.807) is 0 Å². The quantitative estimate of drug-likeness (QED) is 0.502. The maximum absolute atomic E-state index is 10.0. The Morgan fingerprint density at radius 1 is 0.862 bits per heavy atom. The Hall–Kier alpha value is -3.10. The van der Waals surface area contributed by atoms with Gasteiger partial charge < -0.3 is 10.0 Å². The van der Waals surface area contributed by atoms with E-state index in [-0.39, 0.29) is 6.10 Å². The summed E-state index contributed by atoms with van der Waals surface area (Å²) < 4.78 is 0. The fourth-order valence-corrected chi connectivity index (χ4v) is 3.82. The highest BCUT2D eigenvalue weighted by atomic mass is 16.3. The first-order chi connectivity index (χ1) is 14.3. The molecule has 0 radical (unpaired) electrons. The number of para-hydroxylation sites is 2. The van der Waals surface area contributed by atoms with Crippen LogP contribution in [0, 0.1) is 0 Å². The molecule has 0 heterocycles. The van der Waals surface area contributed by atoms with Gasteiger partial charge >= 0.3 is 0 Å². The Morgan fingerprint density at radius 3 is 1.93 bits per heavy atom. The number of nitrogens with zero attached hydrogens (tertiary/aromatic N) is 1. The highest BCUT2D eigenvalue weighted by molar-refractivity contribution is 5.70. The molecule has 0 bridgehead atoms. The zero-order chi connectivity index (χ0) is 20.1. The Morgan fingerprint density at radius 2 is 1.45 bits per heavy atom. The molecule has 4 rings (SSSR count). The van der Waals surface area contributed by atoms with E-state index in [1.165, 1.54) is 11.3 Å². The van der Waals surface area contributed by atoms with Gasteiger partial charge in [-0.1, -0.05) is 79.7 Å². The highest BCUT2D eigenvalue weighted by Crippen LogP contribution is 2.35. The summed E-state index contributed by atoms with van der Waals surface area (Å²) in [6, 6.07) is 29.4. The van der Waals surface area contributed by atoms with E-state index in [1.807, 2.05) is 19.1 Å². The van der Waals surface area contributed by atoms with Crippen LogP contribution in [0.1, 0.15) is 42.9 Å². The van der Waals surface area contributed by atoms with Gasteiger partial charge in [-0.2, -0.15) is 0 Å². The second kappa shape index (κ2) is 8.93. The molecule has 0 aromatic heterocycles. The van der Waals surface area contributed by atoms with Crippen molar-refractivity contribution in [2.24, 2.45) is 0 Å². The van der Waals surface area contributed by atoms with Crippen LogP contribution in [0.4, 0.5) is 11.4 Å². The molecule has 1 aliphatic carbocycles. The predicted molar refractivity (Wildman–Crippen MR) is 121 cm³/mol. The molecule has 2 unspecified atom stereocenters.